The maximum Gasteiger partial charge on any atom is 0.138 e. The minimum absolute atomic E-state index is 0.685. The molecule has 2 rings (SSSR count). The summed E-state index contributed by atoms with van der Waals surface area (Å²) >= 11 is 0. The Morgan fingerprint density at radius 1 is 1.57 bits per heavy atom. The van der Waals surface area contributed by atoms with Crippen molar-refractivity contribution in [3.8, 4) is 0 Å². The second-order valence-corrected chi connectivity index (χ2v) is 4.02. The van der Waals surface area contributed by atoms with E-state index in [1.54, 1.807) is 6.33 Å². The molecular formula is C10H18N4. The van der Waals surface area contributed by atoms with Crippen LogP contribution in [0.15, 0.2) is 6.33 Å². The molecule has 4 nitrogen and oxygen atoms in total. The normalized spacial score (nSPS) is 26.9. The van der Waals surface area contributed by atoms with Crippen molar-refractivity contribution in [2.45, 2.75) is 45.2 Å². The molecule has 0 spiro atoms. The third-order valence-corrected chi connectivity index (χ3v) is 3.18. The van der Waals surface area contributed by atoms with Gasteiger partial charge in [0.2, 0.25) is 0 Å². The molecule has 0 bridgehead atoms. The number of nitrogens with one attached hydrogen (secondary N) is 2. The van der Waals surface area contributed by atoms with Gasteiger partial charge in [0.05, 0.1) is 6.54 Å². The molecule has 0 aromatic carbocycles. The van der Waals surface area contributed by atoms with E-state index in [-0.39, 0.29) is 0 Å². The SMILES string of the molecule is CCC1CCCC1NCc1ncn[nH]1. The van der Waals surface area contributed by atoms with E-state index < -0.39 is 0 Å². The molecule has 14 heavy (non-hydrogen) atoms. The van der Waals surface area contributed by atoms with Gasteiger partial charge in [0.1, 0.15) is 12.2 Å². The quantitative estimate of drug-likeness (QED) is 0.763. The van der Waals surface area contributed by atoms with Gasteiger partial charge in [-0.15, -0.1) is 0 Å². The summed E-state index contributed by atoms with van der Waals surface area (Å²) in [4.78, 5) is 4.10. The molecule has 0 radical (unpaired) electrons. The second kappa shape index (κ2) is 4.55. The molecule has 0 saturated heterocycles. The topological polar surface area (TPSA) is 53.6 Å². The maximum atomic E-state index is 4.10. The van der Waals surface area contributed by atoms with E-state index in [2.05, 4.69) is 27.4 Å². The highest BCUT2D eigenvalue weighted by Gasteiger charge is 2.24. The van der Waals surface area contributed by atoms with Crippen molar-refractivity contribution in [2.24, 2.45) is 5.92 Å². The first-order valence-corrected chi connectivity index (χ1v) is 5.47. The predicted molar refractivity (Wildman–Crippen MR) is 54.6 cm³/mol. The average Bonchev–Trinajstić information content (AvgIpc) is 2.85. The Labute approximate surface area is 84.5 Å². The Morgan fingerprint density at radius 2 is 2.50 bits per heavy atom. The number of rotatable bonds is 4. The summed E-state index contributed by atoms with van der Waals surface area (Å²) in [6.07, 6.45) is 6.90. The third-order valence-electron chi connectivity index (χ3n) is 3.18. The van der Waals surface area contributed by atoms with Crippen LogP contribution in [0, 0.1) is 5.92 Å². The zero-order valence-electron chi connectivity index (χ0n) is 8.66. The Kier molecular flexibility index (Phi) is 3.14. The molecule has 1 aliphatic rings. The van der Waals surface area contributed by atoms with Gasteiger partial charge in [-0.25, -0.2) is 4.98 Å². The first-order valence-electron chi connectivity index (χ1n) is 5.47. The van der Waals surface area contributed by atoms with Gasteiger partial charge in [-0.1, -0.05) is 19.8 Å². The average molecular weight is 194 g/mol. The van der Waals surface area contributed by atoms with E-state index in [1.807, 2.05) is 0 Å². The highest BCUT2D eigenvalue weighted by molar-refractivity contribution is 4.86. The molecule has 0 aliphatic heterocycles. The highest BCUT2D eigenvalue weighted by atomic mass is 15.2. The Hall–Kier alpha value is -0.900. The van der Waals surface area contributed by atoms with Crippen LogP contribution >= 0.6 is 0 Å². The summed E-state index contributed by atoms with van der Waals surface area (Å²) in [6.45, 7) is 3.10. The molecule has 1 saturated carbocycles. The van der Waals surface area contributed by atoms with Crippen molar-refractivity contribution in [2.75, 3.05) is 0 Å². The molecule has 1 aromatic rings. The number of aromatic amines is 1. The van der Waals surface area contributed by atoms with Gasteiger partial charge in [0, 0.05) is 6.04 Å². The fourth-order valence-electron chi connectivity index (χ4n) is 2.34. The first kappa shape index (κ1) is 9.65. The van der Waals surface area contributed by atoms with Crippen molar-refractivity contribution in [3.05, 3.63) is 12.2 Å². The number of hydrogen-bond donors (Lipinski definition) is 2. The standard InChI is InChI=1S/C10H18N4/c1-2-8-4-3-5-9(8)11-6-10-12-7-13-14-10/h7-9,11H,2-6H2,1H3,(H,12,13,14). The Balaban J connectivity index is 1.80. The minimum atomic E-state index is 0.685. The van der Waals surface area contributed by atoms with Crippen LogP contribution in [0.3, 0.4) is 0 Å². The van der Waals surface area contributed by atoms with Crippen LogP contribution in [0.4, 0.5) is 0 Å². The molecule has 2 unspecified atom stereocenters. The highest BCUT2D eigenvalue weighted by Crippen LogP contribution is 2.28. The lowest BCUT2D eigenvalue weighted by atomic mass is 10.0. The fourth-order valence-corrected chi connectivity index (χ4v) is 2.34. The summed E-state index contributed by atoms with van der Waals surface area (Å²) in [5, 5.41) is 10.3. The molecule has 1 heterocycles. The molecule has 2 N–H and O–H groups in total. The van der Waals surface area contributed by atoms with Gasteiger partial charge in [-0.2, -0.15) is 5.10 Å². The van der Waals surface area contributed by atoms with E-state index in [0.717, 1.165) is 18.3 Å². The molecule has 4 heteroatoms. The van der Waals surface area contributed by atoms with Crippen LogP contribution in [0.25, 0.3) is 0 Å². The number of hydrogen-bond acceptors (Lipinski definition) is 3. The van der Waals surface area contributed by atoms with E-state index in [1.165, 1.54) is 25.7 Å². The van der Waals surface area contributed by atoms with Crippen LogP contribution in [0.2, 0.25) is 0 Å². The molecule has 1 aromatic heterocycles. The zero-order valence-corrected chi connectivity index (χ0v) is 8.66. The summed E-state index contributed by atoms with van der Waals surface area (Å²) < 4.78 is 0. The van der Waals surface area contributed by atoms with Gasteiger partial charge in [0.25, 0.3) is 0 Å². The fraction of sp³-hybridized carbons (Fsp3) is 0.800. The molecule has 1 aliphatic carbocycles. The first-order chi connectivity index (χ1) is 6.90. The summed E-state index contributed by atoms with van der Waals surface area (Å²) in [5.74, 6) is 1.80. The monoisotopic (exact) mass is 194 g/mol. The van der Waals surface area contributed by atoms with E-state index in [9.17, 15) is 0 Å². The van der Waals surface area contributed by atoms with Crippen molar-refractivity contribution in [1.82, 2.24) is 20.5 Å². The maximum absolute atomic E-state index is 4.10. The van der Waals surface area contributed by atoms with Gasteiger partial charge in [-0.3, -0.25) is 5.10 Å². The summed E-state index contributed by atoms with van der Waals surface area (Å²) in [6, 6.07) is 0.685. The summed E-state index contributed by atoms with van der Waals surface area (Å²) in [7, 11) is 0. The molecule has 2 atom stereocenters. The van der Waals surface area contributed by atoms with Crippen LogP contribution in [-0.4, -0.2) is 21.2 Å². The lowest BCUT2D eigenvalue weighted by Gasteiger charge is -2.18. The lowest BCUT2D eigenvalue weighted by molar-refractivity contribution is 0.386. The van der Waals surface area contributed by atoms with Crippen molar-refractivity contribution in [3.63, 3.8) is 0 Å². The zero-order chi connectivity index (χ0) is 9.80. The van der Waals surface area contributed by atoms with Crippen LogP contribution in [-0.2, 0) is 6.54 Å². The molecular weight excluding hydrogens is 176 g/mol. The Morgan fingerprint density at radius 3 is 3.21 bits per heavy atom. The predicted octanol–water partition coefficient (Wildman–Crippen LogP) is 1.47. The van der Waals surface area contributed by atoms with Gasteiger partial charge in [0.15, 0.2) is 0 Å². The van der Waals surface area contributed by atoms with E-state index >= 15 is 0 Å². The van der Waals surface area contributed by atoms with Crippen molar-refractivity contribution >= 4 is 0 Å². The van der Waals surface area contributed by atoms with Crippen molar-refractivity contribution < 1.29 is 0 Å². The number of nitrogens with zero attached hydrogens (tertiary/aromatic N) is 2. The summed E-state index contributed by atoms with van der Waals surface area (Å²) in [5.41, 5.74) is 0. The largest absolute Gasteiger partial charge is 0.307 e. The minimum Gasteiger partial charge on any atom is -0.307 e. The van der Waals surface area contributed by atoms with Crippen LogP contribution in [0.5, 0.6) is 0 Å². The number of H-pyrrole nitrogens is 1. The molecule has 1 fully saturated rings. The Bertz CT molecular complexity index is 257. The van der Waals surface area contributed by atoms with Crippen LogP contribution < -0.4 is 5.32 Å². The molecule has 0 amide bonds. The van der Waals surface area contributed by atoms with Crippen LogP contribution in [0.1, 0.15) is 38.4 Å². The smallest absolute Gasteiger partial charge is 0.138 e. The van der Waals surface area contributed by atoms with Gasteiger partial charge in [-0.05, 0) is 18.8 Å². The van der Waals surface area contributed by atoms with Gasteiger partial charge < -0.3 is 5.32 Å². The number of aromatic nitrogens is 3. The van der Waals surface area contributed by atoms with Crippen molar-refractivity contribution in [1.29, 1.82) is 0 Å². The third kappa shape index (κ3) is 2.12. The van der Waals surface area contributed by atoms with Gasteiger partial charge >= 0.3 is 0 Å². The lowest BCUT2D eigenvalue weighted by Crippen LogP contribution is -2.31. The molecule has 78 valence electrons. The second-order valence-electron chi connectivity index (χ2n) is 4.02. The van der Waals surface area contributed by atoms with E-state index in [0.29, 0.717) is 6.04 Å². The van der Waals surface area contributed by atoms with E-state index in [4.69, 9.17) is 0 Å².